The lowest BCUT2D eigenvalue weighted by Crippen LogP contribution is -2.22. The zero-order valence-corrected chi connectivity index (χ0v) is 18.7. The highest BCUT2D eigenvalue weighted by Crippen LogP contribution is 2.24. The maximum absolute atomic E-state index is 12.0. The minimum atomic E-state index is -0.520. The first-order chi connectivity index (χ1) is 14.6. The molecular weight excluding hydrogens is 396 g/mol. The van der Waals surface area contributed by atoms with Gasteiger partial charge in [-0.2, -0.15) is 0 Å². The summed E-state index contributed by atoms with van der Waals surface area (Å²) in [5.41, 5.74) is 2.29. The molecule has 0 bridgehead atoms. The Bertz CT molecular complexity index is 897. The predicted molar refractivity (Wildman–Crippen MR) is 119 cm³/mol. The topological polar surface area (TPSA) is 84.9 Å². The van der Waals surface area contributed by atoms with E-state index in [1.807, 2.05) is 24.3 Å². The minimum Gasteiger partial charge on any atom is -0.493 e. The summed E-state index contributed by atoms with van der Waals surface area (Å²) in [5.74, 6) is -0.430. The van der Waals surface area contributed by atoms with E-state index in [9.17, 15) is 14.4 Å². The van der Waals surface area contributed by atoms with Crippen LogP contribution in [0.3, 0.4) is 0 Å². The van der Waals surface area contributed by atoms with Crippen LogP contribution in [0, 0.1) is 0 Å². The maximum atomic E-state index is 12.0. The summed E-state index contributed by atoms with van der Waals surface area (Å²) in [7, 11) is 3.33. The average molecular weight is 427 g/mol. The highest BCUT2D eigenvalue weighted by molar-refractivity contribution is 5.96. The summed E-state index contributed by atoms with van der Waals surface area (Å²) >= 11 is 0. The van der Waals surface area contributed by atoms with Crippen LogP contribution in [-0.2, 0) is 19.7 Å². The van der Waals surface area contributed by atoms with Crippen molar-refractivity contribution in [2.75, 3.05) is 32.6 Å². The molecule has 0 unspecified atom stereocenters. The smallest absolute Gasteiger partial charge is 0.309 e. The third-order valence-electron chi connectivity index (χ3n) is 4.48. The lowest BCUT2D eigenvalue weighted by molar-refractivity contribution is -0.147. The highest BCUT2D eigenvalue weighted by Gasteiger charge is 2.13. The van der Waals surface area contributed by atoms with Gasteiger partial charge in [0.25, 0.3) is 11.8 Å². The van der Waals surface area contributed by atoms with Gasteiger partial charge in [-0.25, -0.2) is 0 Å². The van der Waals surface area contributed by atoms with E-state index < -0.39 is 18.5 Å². The number of carbonyl (C=O) groups excluding carboxylic acids is 3. The van der Waals surface area contributed by atoms with Crippen LogP contribution in [0.5, 0.6) is 5.75 Å². The van der Waals surface area contributed by atoms with Crippen molar-refractivity contribution in [1.29, 1.82) is 0 Å². The molecule has 7 nitrogen and oxygen atoms in total. The molecule has 0 spiro atoms. The van der Waals surface area contributed by atoms with E-state index >= 15 is 0 Å². The van der Waals surface area contributed by atoms with Gasteiger partial charge in [-0.05, 0) is 47.4 Å². The molecule has 0 aliphatic rings. The summed E-state index contributed by atoms with van der Waals surface area (Å²) in [4.78, 5) is 37.1. The third kappa shape index (κ3) is 7.77. The Morgan fingerprint density at radius 1 is 0.935 bits per heavy atom. The first-order valence-electron chi connectivity index (χ1n) is 10.1. The number of amides is 2. The number of esters is 1. The fourth-order valence-corrected chi connectivity index (χ4v) is 2.67. The molecule has 0 fully saturated rings. The van der Waals surface area contributed by atoms with Gasteiger partial charge in [0.15, 0.2) is 6.61 Å². The summed E-state index contributed by atoms with van der Waals surface area (Å²) in [6, 6.07) is 14.2. The maximum Gasteiger partial charge on any atom is 0.309 e. The second-order valence-corrected chi connectivity index (χ2v) is 8.36. The molecule has 0 heterocycles. The van der Waals surface area contributed by atoms with Crippen molar-refractivity contribution in [2.45, 2.75) is 32.6 Å². The van der Waals surface area contributed by atoms with Crippen LogP contribution in [0.4, 0.5) is 5.69 Å². The number of hydrogen-bond acceptors (Lipinski definition) is 5. The molecule has 2 aromatic carbocycles. The van der Waals surface area contributed by atoms with Crippen molar-refractivity contribution in [3.8, 4) is 5.75 Å². The van der Waals surface area contributed by atoms with E-state index in [4.69, 9.17) is 9.47 Å². The Hall–Kier alpha value is -3.35. The normalized spacial score (nSPS) is 10.9. The molecule has 0 aliphatic carbocycles. The van der Waals surface area contributed by atoms with Gasteiger partial charge in [0, 0.05) is 25.3 Å². The molecule has 0 atom stereocenters. The minimum absolute atomic E-state index is 0.0373. The molecule has 0 aliphatic heterocycles. The fraction of sp³-hybridized carbons (Fsp3) is 0.375. The molecule has 166 valence electrons. The van der Waals surface area contributed by atoms with E-state index in [-0.39, 0.29) is 24.3 Å². The molecule has 0 saturated heterocycles. The van der Waals surface area contributed by atoms with Crippen LogP contribution < -0.4 is 10.1 Å². The van der Waals surface area contributed by atoms with Crippen LogP contribution in [0.25, 0.3) is 0 Å². The van der Waals surface area contributed by atoms with Crippen molar-refractivity contribution in [3.05, 3.63) is 59.7 Å². The van der Waals surface area contributed by atoms with Crippen LogP contribution in [0.1, 0.15) is 43.1 Å². The summed E-state index contributed by atoms with van der Waals surface area (Å²) in [5, 5.41) is 2.62. The zero-order chi connectivity index (χ0) is 23.0. The van der Waals surface area contributed by atoms with Crippen molar-refractivity contribution < 1.29 is 23.9 Å². The third-order valence-corrected chi connectivity index (χ3v) is 4.48. The monoisotopic (exact) mass is 426 g/mol. The molecule has 0 saturated carbocycles. The lowest BCUT2D eigenvalue weighted by Gasteiger charge is -2.19. The molecule has 2 aromatic rings. The van der Waals surface area contributed by atoms with E-state index in [2.05, 4.69) is 26.1 Å². The van der Waals surface area contributed by atoms with Gasteiger partial charge in [-0.15, -0.1) is 0 Å². The van der Waals surface area contributed by atoms with Crippen molar-refractivity contribution in [1.82, 2.24) is 4.90 Å². The largest absolute Gasteiger partial charge is 0.493 e. The van der Waals surface area contributed by atoms with Gasteiger partial charge in [0.1, 0.15) is 5.75 Å². The molecule has 0 aromatic heterocycles. The van der Waals surface area contributed by atoms with E-state index in [1.165, 1.54) is 10.5 Å². The second kappa shape index (κ2) is 10.6. The molecule has 2 rings (SSSR count). The van der Waals surface area contributed by atoms with Gasteiger partial charge in [0.05, 0.1) is 13.0 Å². The Morgan fingerprint density at radius 3 is 2.10 bits per heavy atom. The second-order valence-electron chi connectivity index (χ2n) is 8.36. The zero-order valence-electron chi connectivity index (χ0n) is 18.7. The van der Waals surface area contributed by atoms with Crippen molar-refractivity contribution >= 4 is 23.5 Å². The van der Waals surface area contributed by atoms with Crippen LogP contribution >= 0.6 is 0 Å². The molecule has 31 heavy (non-hydrogen) atoms. The van der Waals surface area contributed by atoms with Gasteiger partial charge in [0.2, 0.25) is 0 Å². The van der Waals surface area contributed by atoms with Crippen molar-refractivity contribution in [2.24, 2.45) is 0 Å². The number of ether oxygens (including phenoxy) is 2. The Labute approximate surface area is 183 Å². The quantitative estimate of drug-likeness (QED) is 0.652. The molecule has 0 radical (unpaired) electrons. The van der Waals surface area contributed by atoms with E-state index in [1.54, 1.807) is 38.4 Å². The molecule has 7 heteroatoms. The van der Waals surface area contributed by atoms with Gasteiger partial charge in [-0.3, -0.25) is 14.4 Å². The molecule has 2 amide bonds. The number of nitrogens with one attached hydrogen (secondary N) is 1. The summed E-state index contributed by atoms with van der Waals surface area (Å²) in [6.45, 7) is 6.18. The number of benzene rings is 2. The van der Waals surface area contributed by atoms with Gasteiger partial charge >= 0.3 is 5.97 Å². The van der Waals surface area contributed by atoms with E-state index in [0.717, 1.165) is 0 Å². The molecular formula is C24H30N2O5. The number of hydrogen-bond donors (Lipinski definition) is 1. The first-order valence-corrected chi connectivity index (χ1v) is 10.1. The Morgan fingerprint density at radius 2 is 1.55 bits per heavy atom. The SMILES string of the molecule is CN(C)C(=O)c1ccc(NC(=O)COC(=O)CCOc2ccc(C(C)(C)C)cc2)cc1. The Balaban J connectivity index is 1.70. The number of carbonyl (C=O) groups is 3. The molecule has 1 N–H and O–H groups in total. The Kier molecular flexibility index (Phi) is 8.19. The number of rotatable bonds is 8. The van der Waals surface area contributed by atoms with Crippen LogP contribution in [-0.4, -0.2) is 50.0 Å². The fourth-order valence-electron chi connectivity index (χ4n) is 2.67. The lowest BCUT2D eigenvalue weighted by atomic mass is 9.87. The van der Waals surface area contributed by atoms with E-state index in [0.29, 0.717) is 17.0 Å². The first kappa shape index (κ1) is 23.9. The number of nitrogens with zero attached hydrogens (tertiary/aromatic N) is 1. The van der Waals surface area contributed by atoms with Crippen LogP contribution in [0.2, 0.25) is 0 Å². The van der Waals surface area contributed by atoms with Crippen molar-refractivity contribution in [3.63, 3.8) is 0 Å². The average Bonchev–Trinajstić information content (AvgIpc) is 2.72. The predicted octanol–water partition coefficient (Wildman–Crippen LogP) is 3.64. The van der Waals surface area contributed by atoms with Crippen LogP contribution in [0.15, 0.2) is 48.5 Å². The standard InChI is InChI=1S/C24H30N2O5/c1-24(2,3)18-8-12-20(13-9-18)30-15-14-22(28)31-16-21(27)25-19-10-6-17(7-11-19)23(29)26(4)5/h6-13H,14-16H2,1-5H3,(H,25,27). The van der Waals surface area contributed by atoms with Gasteiger partial charge < -0.3 is 19.7 Å². The summed E-state index contributed by atoms with van der Waals surface area (Å²) < 4.78 is 10.5. The highest BCUT2D eigenvalue weighted by atomic mass is 16.5. The number of anilines is 1. The van der Waals surface area contributed by atoms with Gasteiger partial charge in [-0.1, -0.05) is 32.9 Å². The summed E-state index contributed by atoms with van der Waals surface area (Å²) in [6.07, 6.45) is 0.0373.